The topological polar surface area (TPSA) is 107 Å². The number of thiazole rings is 1. The fourth-order valence-electron chi connectivity index (χ4n) is 4.99. The lowest BCUT2D eigenvalue weighted by atomic mass is 10.1. The van der Waals surface area contributed by atoms with Gasteiger partial charge >= 0.3 is 11.9 Å². The Morgan fingerprint density at radius 3 is 2.60 bits per heavy atom. The van der Waals surface area contributed by atoms with Crippen LogP contribution in [0.15, 0.2) is 34.1 Å². The average molecular weight is 580 g/mol. The molecule has 1 amide bonds. The van der Waals surface area contributed by atoms with Crippen LogP contribution in [0.4, 0.5) is 28.4 Å². The molecule has 2 unspecified atom stereocenters. The smallest absolute Gasteiger partial charge is 0.357 e. The van der Waals surface area contributed by atoms with Gasteiger partial charge in [0.15, 0.2) is 16.3 Å². The number of nitrogens with one attached hydrogen (secondary N) is 1. The van der Waals surface area contributed by atoms with E-state index in [-0.39, 0.29) is 34.9 Å². The number of benzene rings is 1. The number of nitrogens with zero attached hydrogens (tertiary/aromatic N) is 6. The van der Waals surface area contributed by atoms with Gasteiger partial charge in [0.25, 0.3) is 5.56 Å². The lowest BCUT2D eigenvalue weighted by molar-refractivity contribution is -0.146. The molecule has 15 heteroatoms. The molecule has 0 aliphatic carbocycles. The van der Waals surface area contributed by atoms with Gasteiger partial charge in [0.2, 0.25) is 5.91 Å². The van der Waals surface area contributed by atoms with Gasteiger partial charge in [-0.15, -0.1) is 11.3 Å². The first-order chi connectivity index (χ1) is 18.8. The van der Waals surface area contributed by atoms with Gasteiger partial charge in [-0.2, -0.15) is 13.2 Å². The molecule has 0 spiro atoms. The number of anilines is 2. The lowest BCUT2D eigenvalue weighted by Crippen LogP contribution is -2.41. The van der Waals surface area contributed by atoms with Crippen molar-refractivity contribution in [3.63, 3.8) is 0 Å². The summed E-state index contributed by atoms with van der Waals surface area (Å²) < 4.78 is 58.7. The van der Waals surface area contributed by atoms with Crippen molar-refractivity contribution in [1.29, 1.82) is 0 Å². The van der Waals surface area contributed by atoms with Gasteiger partial charge in [-0.1, -0.05) is 6.07 Å². The number of amides is 1. The van der Waals surface area contributed by atoms with E-state index in [0.717, 1.165) is 26.9 Å². The molecule has 10 nitrogen and oxygen atoms in total. The number of carbonyl (C=O) groups excluding carboxylic acids is 1. The van der Waals surface area contributed by atoms with E-state index in [2.05, 4.69) is 15.3 Å². The van der Waals surface area contributed by atoms with Crippen molar-refractivity contribution >= 4 is 39.2 Å². The Morgan fingerprint density at radius 2 is 1.93 bits per heavy atom. The predicted octanol–water partition coefficient (Wildman–Crippen LogP) is 3.74. The number of rotatable bonds is 5. The third kappa shape index (κ3) is 4.57. The van der Waals surface area contributed by atoms with Crippen LogP contribution < -0.4 is 21.5 Å². The predicted molar refractivity (Wildman–Crippen MR) is 142 cm³/mol. The third-order valence-corrected chi connectivity index (χ3v) is 8.04. The monoisotopic (exact) mass is 579 g/mol. The maximum atomic E-state index is 15.0. The van der Waals surface area contributed by atoms with E-state index < -0.39 is 41.2 Å². The van der Waals surface area contributed by atoms with Crippen molar-refractivity contribution in [2.75, 3.05) is 16.8 Å². The van der Waals surface area contributed by atoms with Crippen molar-refractivity contribution in [1.82, 2.24) is 23.7 Å². The van der Waals surface area contributed by atoms with Gasteiger partial charge in [0.05, 0.1) is 17.7 Å². The van der Waals surface area contributed by atoms with Crippen LogP contribution in [-0.2, 0) is 18.9 Å². The Hall–Kier alpha value is -4.01. The molecule has 212 valence electrons. The highest BCUT2D eigenvalue weighted by Gasteiger charge is 2.46. The maximum Gasteiger partial charge on any atom is 0.408 e. The number of imidazole rings is 1. The molecule has 5 rings (SSSR count). The summed E-state index contributed by atoms with van der Waals surface area (Å²) in [5.41, 5.74) is -0.291. The Kier molecular flexibility index (Phi) is 6.80. The Morgan fingerprint density at radius 1 is 1.20 bits per heavy atom. The number of hydrogen-bond acceptors (Lipinski definition) is 7. The van der Waals surface area contributed by atoms with E-state index in [1.807, 2.05) is 0 Å². The summed E-state index contributed by atoms with van der Waals surface area (Å²) >= 11 is 1.14. The van der Waals surface area contributed by atoms with E-state index in [1.165, 1.54) is 41.7 Å². The van der Waals surface area contributed by atoms with Crippen molar-refractivity contribution in [2.45, 2.75) is 44.9 Å². The summed E-state index contributed by atoms with van der Waals surface area (Å²) in [5.74, 6) is -1.30. The summed E-state index contributed by atoms with van der Waals surface area (Å²) in [6, 6.07) is 1.36. The highest BCUT2D eigenvalue weighted by molar-refractivity contribution is 7.16. The van der Waals surface area contributed by atoms with Crippen molar-refractivity contribution < 1.29 is 22.4 Å². The van der Waals surface area contributed by atoms with E-state index in [0.29, 0.717) is 22.6 Å². The van der Waals surface area contributed by atoms with Gasteiger partial charge in [-0.25, -0.2) is 19.2 Å². The Balaban J connectivity index is 1.39. The summed E-state index contributed by atoms with van der Waals surface area (Å²) in [6.07, 6.45) is -2.91. The Bertz CT molecular complexity index is 1750. The lowest BCUT2D eigenvalue weighted by Gasteiger charge is -2.28. The van der Waals surface area contributed by atoms with Crippen molar-refractivity contribution in [2.24, 2.45) is 14.1 Å². The van der Waals surface area contributed by atoms with Gasteiger partial charge < -0.3 is 14.8 Å². The van der Waals surface area contributed by atoms with Crippen molar-refractivity contribution in [3.8, 4) is 11.3 Å². The molecule has 1 aliphatic rings. The molecule has 1 aliphatic heterocycles. The molecule has 0 bridgehead atoms. The highest BCUT2D eigenvalue weighted by atomic mass is 32.1. The molecule has 0 radical (unpaired) electrons. The number of carbonyl (C=O) groups is 1. The van der Waals surface area contributed by atoms with Crippen LogP contribution in [0.2, 0.25) is 0 Å². The van der Waals surface area contributed by atoms with Crippen LogP contribution in [0, 0.1) is 12.7 Å². The molecule has 2 atom stereocenters. The SMILES string of the molecule is Cc1sc(NC(=O)C(C)n2cnc3c2c(=O)n(C)c(=O)n3C)nc1-c1ccc(N2CCCC2C(F)(F)F)c(F)c1. The minimum atomic E-state index is -4.45. The van der Waals surface area contributed by atoms with Crippen LogP contribution in [-0.4, -0.2) is 48.3 Å². The molecule has 4 heterocycles. The second-order valence-corrected chi connectivity index (χ2v) is 10.9. The second kappa shape index (κ2) is 9.87. The molecular formula is C25H25F4N7O3S. The minimum Gasteiger partial charge on any atom is -0.357 e. The van der Waals surface area contributed by atoms with Gasteiger partial charge in [0, 0.05) is 31.1 Å². The van der Waals surface area contributed by atoms with Crippen LogP contribution in [0.3, 0.4) is 0 Å². The van der Waals surface area contributed by atoms with E-state index >= 15 is 4.39 Å². The highest BCUT2D eigenvalue weighted by Crippen LogP contribution is 2.39. The normalized spacial score (nSPS) is 16.6. The largest absolute Gasteiger partial charge is 0.408 e. The molecule has 40 heavy (non-hydrogen) atoms. The first-order valence-electron chi connectivity index (χ1n) is 12.3. The maximum absolute atomic E-state index is 15.0. The van der Waals surface area contributed by atoms with Gasteiger partial charge in [0.1, 0.15) is 17.9 Å². The van der Waals surface area contributed by atoms with E-state index in [1.54, 1.807) is 13.8 Å². The zero-order valence-corrected chi connectivity index (χ0v) is 22.7. The number of halogens is 4. The minimum absolute atomic E-state index is 0.0844. The number of alkyl halides is 3. The molecule has 4 aromatic rings. The summed E-state index contributed by atoms with van der Waals surface area (Å²) in [6.45, 7) is 3.40. The molecular weight excluding hydrogens is 554 g/mol. The first kappa shape index (κ1) is 27.6. The zero-order valence-electron chi connectivity index (χ0n) is 21.9. The molecule has 1 fully saturated rings. The third-order valence-electron chi connectivity index (χ3n) is 7.16. The number of fused-ring (bicyclic) bond motifs is 1. The van der Waals surface area contributed by atoms with Crippen LogP contribution in [0.25, 0.3) is 22.4 Å². The number of aromatic nitrogens is 5. The number of hydrogen-bond donors (Lipinski definition) is 1. The summed E-state index contributed by atoms with van der Waals surface area (Å²) in [4.78, 5) is 48.3. The molecule has 1 N–H and O–H groups in total. The van der Waals surface area contributed by atoms with E-state index in [4.69, 9.17) is 0 Å². The van der Waals surface area contributed by atoms with Crippen LogP contribution in [0.1, 0.15) is 30.7 Å². The Labute approximate surface area is 228 Å². The molecule has 0 saturated carbocycles. The molecule has 1 aromatic carbocycles. The van der Waals surface area contributed by atoms with Gasteiger partial charge in [-0.05, 0) is 38.8 Å². The fraction of sp³-hybridized carbons (Fsp3) is 0.400. The number of aryl methyl sites for hydroxylation is 2. The zero-order chi connectivity index (χ0) is 29.1. The van der Waals surface area contributed by atoms with Crippen molar-refractivity contribution in [3.05, 3.63) is 56.1 Å². The fourth-order valence-corrected chi connectivity index (χ4v) is 5.83. The summed E-state index contributed by atoms with van der Waals surface area (Å²) in [7, 11) is 2.81. The van der Waals surface area contributed by atoms with Crippen LogP contribution in [0.5, 0.6) is 0 Å². The van der Waals surface area contributed by atoms with Crippen LogP contribution >= 0.6 is 11.3 Å². The average Bonchev–Trinajstić information content (AvgIpc) is 3.64. The standard InChI is InChI=1S/C25H25F4N7O3S/c1-12(36-11-30-20-19(36)22(38)34(4)24(39)33(20)3)21(37)32-23-31-18(13(2)40-23)14-7-8-16(15(26)10-14)35-9-5-6-17(35)25(27,28)29/h7-8,10-12,17H,5-6,9H2,1-4H3,(H,31,32,37). The first-order valence-corrected chi connectivity index (χ1v) is 13.1. The molecule has 3 aromatic heterocycles. The molecule has 1 saturated heterocycles. The quantitative estimate of drug-likeness (QED) is 0.361. The second-order valence-electron chi connectivity index (χ2n) is 9.68. The van der Waals surface area contributed by atoms with E-state index in [9.17, 15) is 27.6 Å². The summed E-state index contributed by atoms with van der Waals surface area (Å²) in [5, 5.41) is 2.91. The van der Waals surface area contributed by atoms with Gasteiger partial charge in [-0.3, -0.25) is 18.7 Å².